The van der Waals surface area contributed by atoms with Crippen LogP contribution in [0.1, 0.15) is 16.9 Å². The topological polar surface area (TPSA) is 119 Å². The van der Waals surface area contributed by atoms with E-state index < -0.39 is 11.2 Å². The molecule has 0 bridgehead atoms. The molecule has 0 radical (unpaired) electrons. The Kier molecular flexibility index (Phi) is 5.67. The number of aromatic nitrogens is 2. The Balaban J connectivity index is 1.71. The number of aliphatic hydroxyl groups is 1. The van der Waals surface area contributed by atoms with Crippen molar-refractivity contribution in [1.29, 1.82) is 0 Å². The lowest BCUT2D eigenvalue weighted by atomic mass is 9.89. The highest BCUT2D eigenvalue weighted by atomic mass is 16.5. The van der Waals surface area contributed by atoms with E-state index in [0.717, 1.165) is 32.1 Å². The summed E-state index contributed by atoms with van der Waals surface area (Å²) in [6.07, 6.45) is 0.851. The van der Waals surface area contributed by atoms with Gasteiger partial charge in [-0.05, 0) is 18.3 Å². The number of nitrogens with one attached hydrogen (secondary N) is 2. The molecule has 0 spiro atoms. The van der Waals surface area contributed by atoms with Gasteiger partial charge < -0.3 is 19.7 Å². The third-order valence-electron chi connectivity index (χ3n) is 4.78. The van der Waals surface area contributed by atoms with Crippen molar-refractivity contribution in [1.82, 2.24) is 19.8 Å². The second-order valence-electron chi connectivity index (χ2n) is 6.77. The molecule has 0 unspecified atom stereocenters. The number of amides is 1. The molecule has 0 saturated carbocycles. The van der Waals surface area contributed by atoms with Crippen LogP contribution in [0.5, 0.6) is 0 Å². The SMILES string of the molecule is O=C(c1cc(=O)[nH]c(=O)[nH]1)N1C[C@@H](CN2CCOCC2)C[C@H](CO)C1. The maximum absolute atomic E-state index is 12.7. The van der Waals surface area contributed by atoms with E-state index in [0.29, 0.717) is 26.3 Å². The minimum atomic E-state index is -0.698. The van der Waals surface area contributed by atoms with Crippen LogP contribution in [0.25, 0.3) is 0 Å². The quantitative estimate of drug-likeness (QED) is 0.605. The number of likely N-dealkylation sites (tertiary alicyclic amines) is 1. The number of piperidine rings is 1. The molecule has 2 fully saturated rings. The molecule has 3 rings (SSSR count). The van der Waals surface area contributed by atoms with E-state index in [-0.39, 0.29) is 30.0 Å². The zero-order chi connectivity index (χ0) is 17.8. The van der Waals surface area contributed by atoms with Gasteiger partial charge >= 0.3 is 5.69 Å². The minimum Gasteiger partial charge on any atom is -0.396 e. The summed E-state index contributed by atoms with van der Waals surface area (Å²) in [4.78, 5) is 43.9. The first kappa shape index (κ1) is 17.8. The molecule has 1 aromatic rings. The molecule has 2 atom stereocenters. The van der Waals surface area contributed by atoms with Crippen LogP contribution in [0, 0.1) is 11.8 Å². The lowest BCUT2D eigenvalue weighted by Gasteiger charge is -2.39. The zero-order valence-electron chi connectivity index (χ0n) is 14.1. The maximum Gasteiger partial charge on any atom is 0.326 e. The van der Waals surface area contributed by atoms with E-state index in [9.17, 15) is 19.5 Å². The van der Waals surface area contributed by atoms with Gasteiger partial charge in [0.2, 0.25) is 0 Å². The molecule has 2 saturated heterocycles. The maximum atomic E-state index is 12.7. The van der Waals surface area contributed by atoms with Crippen molar-refractivity contribution < 1.29 is 14.6 Å². The Hall–Kier alpha value is -1.97. The zero-order valence-corrected chi connectivity index (χ0v) is 14.1. The molecule has 3 N–H and O–H groups in total. The van der Waals surface area contributed by atoms with Gasteiger partial charge in [-0.25, -0.2) is 4.79 Å². The second-order valence-corrected chi connectivity index (χ2v) is 6.77. The molecule has 1 aromatic heterocycles. The number of hydrogen-bond acceptors (Lipinski definition) is 6. The highest BCUT2D eigenvalue weighted by molar-refractivity contribution is 5.92. The molecule has 9 heteroatoms. The van der Waals surface area contributed by atoms with Crippen LogP contribution in [0.15, 0.2) is 15.7 Å². The van der Waals surface area contributed by atoms with E-state index >= 15 is 0 Å². The fraction of sp³-hybridized carbons (Fsp3) is 0.688. The van der Waals surface area contributed by atoms with Gasteiger partial charge in [-0.3, -0.25) is 19.5 Å². The summed E-state index contributed by atoms with van der Waals surface area (Å²) in [5.74, 6) is -0.146. The van der Waals surface area contributed by atoms with Gasteiger partial charge in [0, 0.05) is 45.4 Å². The summed E-state index contributed by atoms with van der Waals surface area (Å²) in [5, 5.41) is 9.59. The number of hydrogen-bond donors (Lipinski definition) is 3. The van der Waals surface area contributed by atoms with Gasteiger partial charge in [-0.1, -0.05) is 0 Å². The highest BCUT2D eigenvalue weighted by Gasteiger charge is 2.32. The van der Waals surface area contributed by atoms with Gasteiger partial charge in [0.1, 0.15) is 5.69 Å². The van der Waals surface area contributed by atoms with Gasteiger partial charge in [-0.15, -0.1) is 0 Å². The van der Waals surface area contributed by atoms with Crippen LogP contribution < -0.4 is 11.2 Å². The summed E-state index contributed by atoms with van der Waals surface area (Å²) >= 11 is 0. The first-order valence-corrected chi connectivity index (χ1v) is 8.59. The van der Waals surface area contributed by atoms with E-state index in [1.165, 1.54) is 0 Å². The van der Waals surface area contributed by atoms with Crippen LogP contribution in [-0.4, -0.2) is 83.3 Å². The third kappa shape index (κ3) is 4.56. The van der Waals surface area contributed by atoms with Gasteiger partial charge in [-0.2, -0.15) is 0 Å². The number of carbonyl (C=O) groups excluding carboxylic acids is 1. The molecule has 1 amide bonds. The summed E-state index contributed by atoms with van der Waals surface area (Å²) in [6.45, 7) is 4.99. The number of nitrogens with zero attached hydrogens (tertiary/aromatic N) is 2. The lowest BCUT2D eigenvalue weighted by Crippen LogP contribution is -2.49. The largest absolute Gasteiger partial charge is 0.396 e. The van der Waals surface area contributed by atoms with Crippen molar-refractivity contribution in [3.8, 4) is 0 Å². The van der Waals surface area contributed by atoms with Crippen LogP contribution in [0.3, 0.4) is 0 Å². The summed E-state index contributed by atoms with van der Waals surface area (Å²) in [6, 6.07) is 1.10. The van der Waals surface area contributed by atoms with E-state index in [2.05, 4.69) is 14.9 Å². The number of aliphatic hydroxyl groups excluding tert-OH is 1. The molecule has 0 aromatic carbocycles. The van der Waals surface area contributed by atoms with Crippen LogP contribution in [-0.2, 0) is 4.74 Å². The number of rotatable bonds is 4. The molecular weight excluding hydrogens is 328 g/mol. The van der Waals surface area contributed by atoms with E-state index in [1.54, 1.807) is 4.90 Å². The lowest BCUT2D eigenvalue weighted by molar-refractivity contribution is 0.0129. The molecule has 2 aliphatic rings. The van der Waals surface area contributed by atoms with Crippen LogP contribution >= 0.6 is 0 Å². The molecule has 0 aliphatic carbocycles. The third-order valence-corrected chi connectivity index (χ3v) is 4.78. The predicted octanol–water partition coefficient (Wildman–Crippen LogP) is -1.53. The summed E-state index contributed by atoms with van der Waals surface area (Å²) < 4.78 is 5.36. The van der Waals surface area contributed by atoms with Crippen molar-refractivity contribution in [2.24, 2.45) is 11.8 Å². The fourth-order valence-corrected chi connectivity index (χ4v) is 3.65. The van der Waals surface area contributed by atoms with Crippen molar-refractivity contribution in [3.05, 3.63) is 32.6 Å². The monoisotopic (exact) mass is 352 g/mol. The first-order valence-electron chi connectivity index (χ1n) is 8.59. The van der Waals surface area contributed by atoms with Gasteiger partial charge in [0.05, 0.1) is 13.2 Å². The Morgan fingerprint density at radius 2 is 1.92 bits per heavy atom. The smallest absolute Gasteiger partial charge is 0.326 e. The Bertz CT molecular complexity index is 681. The number of aromatic amines is 2. The number of carbonyl (C=O) groups is 1. The molecular formula is C16H24N4O5. The van der Waals surface area contributed by atoms with Crippen LogP contribution in [0.2, 0.25) is 0 Å². The summed E-state index contributed by atoms with van der Waals surface area (Å²) in [5.41, 5.74) is -1.32. The predicted molar refractivity (Wildman–Crippen MR) is 89.5 cm³/mol. The first-order chi connectivity index (χ1) is 12.0. The number of H-pyrrole nitrogens is 2. The number of morpholine rings is 1. The average Bonchev–Trinajstić information content (AvgIpc) is 2.60. The van der Waals surface area contributed by atoms with Crippen molar-refractivity contribution >= 4 is 5.91 Å². The van der Waals surface area contributed by atoms with Crippen molar-refractivity contribution in [3.63, 3.8) is 0 Å². The molecule has 9 nitrogen and oxygen atoms in total. The summed E-state index contributed by atoms with van der Waals surface area (Å²) in [7, 11) is 0. The van der Waals surface area contributed by atoms with Gasteiger partial charge in [0.25, 0.3) is 11.5 Å². The molecule has 3 heterocycles. The minimum absolute atomic E-state index is 0.00235. The van der Waals surface area contributed by atoms with Crippen molar-refractivity contribution in [2.75, 3.05) is 52.5 Å². The standard InChI is InChI=1S/C16H24N4O5/c21-10-12-5-11(7-19-1-3-25-4-2-19)8-20(9-12)15(23)13-6-14(22)18-16(24)17-13/h6,11-12,21H,1-5,7-10H2,(H2,17,18,22,24)/t11-,12+/m1/s1. The van der Waals surface area contributed by atoms with E-state index in [4.69, 9.17) is 4.74 Å². The normalized spacial score (nSPS) is 25.1. The highest BCUT2D eigenvalue weighted by Crippen LogP contribution is 2.24. The number of ether oxygens (including phenoxy) is 1. The molecule has 25 heavy (non-hydrogen) atoms. The Labute approximate surface area is 144 Å². The molecule has 138 valence electrons. The Morgan fingerprint density at radius 3 is 2.60 bits per heavy atom. The van der Waals surface area contributed by atoms with Crippen LogP contribution in [0.4, 0.5) is 0 Å². The Morgan fingerprint density at radius 1 is 1.20 bits per heavy atom. The average molecular weight is 352 g/mol. The van der Waals surface area contributed by atoms with E-state index in [1.807, 2.05) is 0 Å². The molecule has 2 aliphatic heterocycles. The van der Waals surface area contributed by atoms with Crippen molar-refractivity contribution in [2.45, 2.75) is 6.42 Å². The fourth-order valence-electron chi connectivity index (χ4n) is 3.65. The second kappa shape index (κ2) is 7.94. The van der Waals surface area contributed by atoms with Gasteiger partial charge in [0.15, 0.2) is 0 Å².